The second-order valence-corrected chi connectivity index (χ2v) is 13.2. The number of ether oxygens (including phenoxy) is 2. The largest absolute Gasteiger partial charge is 0.416 e. The van der Waals surface area contributed by atoms with Crippen LogP contribution in [0.5, 0.6) is 0 Å². The van der Waals surface area contributed by atoms with Gasteiger partial charge in [0, 0.05) is 31.2 Å². The number of halogens is 10. The molecule has 0 aliphatic heterocycles. The van der Waals surface area contributed by atoms with Gasteiger partial charge in [-0.05, 0) is 59.7 Å². The van der Waals surface area contributed by atoms with Crippen LogP contribution in [0.1, 0.15) is 45.6 Å². The molecule has 0 aliphatic rings. The van der Waals surface area contributed by atoms with E-state index in [1.54, 1.807) is 45.8 Å². The molecule has 0 aliphatic carbocycles. The molecule has 2 heterocycles. The molecule has 18 heteroatoms. The molecule has 6 rings (SSSR count). The maximum absolute atomic E-state index is 12.7. The molecule has 2 unspecified atom stereocenters. The molecule has 54 heavy (non-hydrogen) atoms. The summed E-state index contributed by atoms with van der Waals surface area (Å²) in [7, 11) is 0. The first-order valence-corrected chi connectivity index (χ1v) is 17.3. The summed E-state index contributed by atoms with van der Waals surface area (Å²) in [6, 6.07) is 19.8. The SMILES string of the molecule is FC(F)(F)c1ccc(COC(Cn2cncn2)c2ccc(Cl)cc2Cl)cc1.FC(F)(F)c1ccc(COC(Cn2cncn2)c2ccc(Cl)cc2Cl)cc1. The van der Waals surface area contributed by atoms with Crippen molar-refractivity contribution in [2.45, 2.75) is 50.9 Å². The highest BCUT2D eigenvalue weighted by atomic mass is 35.5. The van der Waals surface area contributed by atoms with E-state index in [9.17, 15) is 26.3 Å². The predicted molar refractivity (Wildman–Crippen MR) is 191 cm³/mol. The fourth-order valence-corrected chi connectivity index (χ4v) is 6.03. The Kier molecular flexibility index (Phi) is 14.0. The molecule has 8 nitrogen and oxygen atoms in total. The molecule has 0 bridgehead atoms. The lowest BCUT2D eigenvalue weighted by Gasteiger charge is -2.20. The number of nitrogens with zero attached hydrogens (tertiary/aromatic N) is 6. The van der Waals surface area contributed by atoms with Crippen molar-refractivity contribution >= 4 is 46.4 Å². The van der Waals surface area contributed by atoms with Gasteiger partial charge in [0.1, 0.15) is 37.5 Å². The van der Waals surface area contributed by atoms with Crippen molar-refractivity contribution in [1.29, 1.82) is 0 Å². The van der Waals surface area contributed by atoms with E-state index in [-0.39, 0.29) is 13.2 Å². The normalized spacial score (nSPS) is 12.9. The number of aromatic nitrogens is 6. The molecule has 0 fully saturated rings. The van der Waals surface area contributed by atoms with Crippen molar-refractivity contribution in [3.63, 3.8) is 0 Å². The predicted octanol–water partition coefficient (Wildman–Crippen LogP) is 11.1. The molecule has 0 N–H and O–H groups in total. The summed E-state index contributed by atoms with van der Waals surface area (Å²) >= 11 is 24.5. The van der Waals surface area contributed by atoms with Gasteiger partial charge in [-0.1, -0.05) is 82.8 Å². The third-order valence-electron chi connectivity index (χ3n) is 7.72. The minimum absolute atomic E-state index is 0.108. The second kappa shape index (κ2) is 18.4. The molecule has 4 aromatic carbocycles. The maximum atomic E-state index is 12.7. The average molecular weight is 832 g/mol. The van der Waals surface area contributed by atoms with Gasteiger partial charge in [0.2, 0.25) is 0 Å². The van der Waals surface area contributed by atoms with Gasteiger partial charge in [-0.2, -0.15) is 36.5 Å². The van der Waals surface area contributed by atoms with Crippen LogP contribution in [0.2, 0.25) is 20.1 Å². The van der Waals surface area contributed by atoms with E-state index in [1.165, 1.54) is 49.6 Å². The molecule has 0 spiro atoms. The third-order valence-corrected chi connectivity index (χ3v) is 8.85. The highest BCUT2D eigenvalue weighted by Gasteiger charge is 2.31. The zero-order valence-corrected chi connectivity index (χ0v) is 30.7. The molecule has 0 amide bonds. The van der Waals surface area contributed by atoms with Crippen molar-refractivity contribution in [3.8, 4) is 0 Å². The van der Waals surface area contributed by atoms with Crippen LogP contribution in [0.15, 0.2) is 110 Å². The van der Waals surface area contributed by atoms with Gasteiger partial charge in [-0.3, -0.25) is 9.36 Å². The monoisotopic (exact) mass is 830 g/mol. The highest BCUT2D eigenvalue weighted by Crippen LogP contribution is 2.34. The number of benzene rings is 4. The summed E-state index contributed by atoms with van der Waals surface area (Å²) < 4.78 is 91.1. The van der Waals surface area contributed by atoms with Crippen LogP contribution in [0.25, 0.3) is 0 Å². The summed E-state index contributed by atoms with van der Waals surface area (Å²) in [5, 5.41) is 9.95. The molecule has 0 saturated carbocycles. The lowest BCUT2D eigenvalue weighted by atomic mass is 10.1. The Morgan fingerprint density at radius 3 is 1.20 bits per heavy atom. The van der Waals surface area contributed by atoms with E-state index < -0.39 is 35.7 Å². The fourth-order valence-electron chi connectivity index (χ4n) is 4.97. The topological polar surface area (TPSA) is 79.9 Å². The van der Waals surface area contributed by atoms with Gasteiger partial charge in [0.15, 0.2) is 0 Å². The number of alkyl halides is 6. The Morgan fingerprint density at radius 2 is 0.907 bits per heavy atom. The van der Waals surface area contributed by atoms with Gasteiger partial charge in [0.25, 0.3) is 0 Å². The third kappa shape index (κ3) is 11.9. The summed E-state index contributed by atoms with van der Waals surface area (Å²) in [5.74, 6) is 0. The Labute approximate surface area is 325 Å². The Bertz CT molecular complexity index is 1920. The number of hydrogen-bond acceptors (Lipinski definition) is 6. The molecule has 2 aromatic heterocycles. The highest BCUT2D eigenvalue weighted by molar-refractivity contribution is 6.35. The fraction of sp³-hybridized carbons (Fsp3) is 0.222. The minimum atomic E-state index is -4.37. The van der Waals surface area contributed by atoms with Crippen LogP contribution in [-0.2, 0) is 48.1 Å². The van der Waals surface area contributed by atoms with Crippen molar-refractivity contribution in [2.24, 2.45) is 0 Å². The van der Waals surface area contributed by atoms with E-state index in [0.29, 0.717) is 55.4 Å². The van der Waals surface area contributed by atoms with Crippen molar-refractivity contribution < 1.29 is 35.8 Å². The molecule has 6 aromatic rings. The maximum Gasteiger partial charge on any atom is 0.416 e. The summed E-state index contributed by atoms with van der Waals surface area (Å²) in [5.41, 5.74) is 1.21. The van der Waals surface area contributed by atoms with Crippen LogP contribution in [0.3, 0.4) is 0 Å². The van der Waals surface area contributed by atoms with Crippen LogP contribution < -0.4 is 0 Å². The van der Waals surface area contributed by atoms with E-state index in [0.717, 1.165) is 24.3 Å². The summed E-state index contributed by atoms with van der Waals surface area (Å²) in [6.45, 7) is 0.886. The number of rotatable bonds is 12. The molecule has 0 saturated heterocycles. The van der Waals surface area contributed by atoms with E-state index >= 15 is 0 Å². The van der Waals surface area contributed by atoms with E-state index in [1.807, 2.05) is 0 Å². The minimum Gasteiger partial charge on any atom is -0.367 e. The summed E-state index contributed by atoms with van der Waals surface area (Å²) in [6.07, 6.45) is -3.83. The van der Waals surface area contributed by atoms with Crippen molar-refractivity contribution in [2.75, 3.05) is 0 Å². The molecule has 0 radical (unpaired) electrons. The molecule has 2 atom stereocenters. The second-order valence-electron chi connectivity index (χ2n) is 11.6. The van der Waals surface area contributed by atoms with E-state index in [4.69, 9.17) is 55.9 Å². The van der Waals surface area contributed by atoms with Crippen LogP contribution in [0.4, 0.5) is 26.3 Å². The van der Waals surface area contributed by atoms with Crippen molar-refractivity contribution in [1.82, 2.24) is 29.5 Å². The first-order valence-electron chi connectivity index (χ1n) is 15.8. The van der Waals surface area contributed by atoms with Gasteiger partial charge in [-0.15, -0.1) is 0 Å². The zero-order chi connectivity index (χ0) is 38.9. The first-order chi connectivity index (χ1) is 25.7. The zero-order valence-electron chi connectivity index (χ0n) is 27.7. The van der Waals surface area contributed by atoms with Gasteiger partial charge >= 0.3 is 12.4 Å². The Hall–Kier alpha value is -4.18. The Morgan fingerprint density at radius 1 is 0.537 bits per heavy atom. The average Bonchev–Trinajstić information content (AvgIpc) is 3.84. The molecular weight excluding hydrogens is 804 g/mol. The van der Waals surface area contributed by atoms with Crippen LogP contribution in [0, 0.1) is 0 Å². The quantitative estimate of drug-likeness (QED) is 0.114. The lowest BCUT2D eigenvalue weighted by molar-refractivity contribution is -0.138. The van der Waals surface area contributed by atoms with Gasteiger partial charge < -0.3 is 9.47 Å². The number of hydrogen-bond donors (Lipinski definition) is 0. The van der Waals surface area contributed by atoms with Gasteiger partial charge in [0.05, 0.1) is 37.4 Å². The first kappa shape index (κ1) is 41.0. The van der Waals surface area contributed by atoms with Gasteiger partial charge in [-0.25, -0.2) is 9.97 Å². The smallest absolute Gasteiger partial charge is 0.367 e. The standard InChI is InChI=1S/2C18H14Cl2F3N3O/c2*19-14-5-6-15(16(20)7-14)17(8-26-11-24-10-25-26)27-9-12-1-3-13(4-2-12)18(21,22)23/h2*1-7,10-11,17H,8-9H2. The van der Waals surface area contributed by atoms with Crippen LogP contribution in [-0.4, -0.2) is 29.5 Å². The molecular formula is C36H28Cl4F6N6O2. The lowest BCUT2D eigenvalue weighted by Crippen LogP contribution is -2.14. The molecule has 284 valence electrons. The Balaban J connectivity index is 0.000000208. The summed E-state index contributed by atoms with van der Waals surface area (Å²) in [4.78, 5) is 7.78. The van der Waals surface area contributed by atoms with Crippen LogP contribution >= 0.6 is 46.4 Å². The van der Waals surface area contributed by atoms with Crippen molar-refractivity contribution in [3.05, 3.63) is 164 Å². The van der Waals surface area contributed by atoms with E-state index in [2.05, 4.69) is 20.2 Å².